The highest BCUT2D eigenvalue weighted by atomic mass is 31.2. The second kappa shape index (κ2) is 30.1. The fraction of sp³-hybridized carbons (Fsp3) is 0.865. The highest BCUT2D eigenvalue weighted by Crippen LogP contribution is 2.43. The van der Waals surface area contributed by atoms with Crippen LogP contribution in [0.1, 0.15) is 155 Å². The Morgan fingerprint density at radius 1 is 0.717 bits per heavy atom. The van der Waals surface area contributed by atoms with Gasteiger partial charge in [0, 0.05) is 6.42 Å². The van der Waals surface area contributed by atoms with Gasteiger partial charge < -0.3 is 19.8 Å². The molecule has 272 valence electrons. The monoisotopic (exact) mass is 674 g/mol. The Hall–Kier alpha value is -1.02. The van der Waals surface area contributed by atoms with E-state index >= 15 is 0 Å². The van der Waals surface area contributed by atoms with Gasteiger partial charge in [-0.1, -0.05) is 147 Å². The van der Waals surface area contributed by atoms with Crippen molar-refractivity contribution in [2.75, 3.05) is 40.9 Å². The summed E-state index contributed by atoms with van der Waals surface area (Å²) in [5.41, 5.74) is 0. The molecule has 0 fully saturated rings. The lowest BCUT2D eigenvalue weighted by atomic mass is 10.0. The number of nitrogens with one attached hydrogen (secondary N) is 1. The molecule has 3 unspecified atom stereocenters. The van der Waals surface area contributed by atoms with Gasteiger partial charge >= 0.3 is 7.82 Å². The maximum Gasteiger partial charge on any atom is 0.472 e. The second-order valence-electron chi connectivity index (χ2n) is 13.9. The Labute approximate surface area is 284 Å². The molecular formula is C37H74N2O6P+. The van der Waals surface area contributed by atoms with Crippen molar-refractivity contribution in [2.45, 2.75) is 167 Å². The molecule has 0 aromatic rings. The summed E-state index contributed by atoms with van der Waals surface area (Å²) in [6.07, 6.45) is 34.9. The van der Waals surface area contributed by atoms with Gasteiger partial charge in [-0.15, -0.1) is 0 Å². The summed E-state index contributed by atoms with van der Waals surface area (Å²) in [5.74, 6) is -0.276. The molecule has 1 amide bonds. The average Bonchev–Trinajstić information content (AvgIpc) is 3.00. The minimum atomic E-state index is -4.30. The molecule has 0 saturated carbocycles. The highest BCUT2D eigenvalue weighted by molar-refractivity contribution is 7.47. The molecule has 0 heterocycles. The van der Waals surface area contributed by atoms with Crippen LogP contribution < -0.4 is 5.32 Å². The van der Waals surface area contributed by atoms with Crippen LogP contribution in [0.2, 0.25) is 0 Å². The van der Waals surface area contributed by atoms with Gasteiger partial charge in [0.15, 0.2) is 0 Å². The predicted molar refractivity (Wildman–Crippen MR) is 194 cm³/mol. The molecule has 0 bridgehead atoms. The molecule has 46 heavy (non-hydrogen) atoms. The first-order valence-corrected chi connectivity index (χ1v) is 20.2. The third-order valence-corrected chi connectivity index (χ3v) is 9.22. The topological polar surface area (TPSA) is 105 Å². The van der Waals surface area contributed by atoms with Crippen LogP contribution in [-0.4, -0.2) is 73.4 Å². The Morgan fingerprint density at radius 2 is 1.17 bits per heavy atom. The maximum absolute atomic E-state index is 12.2. The molecule has 3 atom stereocenters. The van der Waals surface area contributed by atoms with Crippen LogP contribution in [0.4, 0.5) is 0 Å². The number of quaternary nitrogens is 1. The van der Waals surface area contributed by atoms with E-state index in [1.165, 1.54) is 116 Å². The van der Waals surface area contributed by atoms with Gasteiger partial charge in [-0.25, -0.2) is 4.57 Å². The smallest absolute Gasteiger partial charge is 0.387 e. The zero-order chi connectivity index (χ0) is 34.4. The van der Waals surface area contributed by atoms with E-state index in [0.29, 0.717) is 11.0 Å². The largest absolute Gasteiger partial charge is 0.472 e. The number of phosphoric ester groups is 1. The van der Waals surface area contributed by atoms with Crippen molar-refractivity contribution >= 4 is 13.7 Å². The van der Waals surface area contributed by atoms with Crippen molar-refractivity contribution in [1.82, 2.24) is 5.32 Å². The van der Waals surface area contributed by atoms with Crippen molar-refractivity contribution in [3.05, 3.63) is 24.3 Å². The third kappa shape index (κ3) is 31.6. The molecular weight excluding hydrogens is 599 g/mol. The minimum absolute atomic E-state index is 0.0543. The number of likely N-dealkylation sites (N-methyl/N-ethyl adjacent to an activating group) is 1. The molecule has 0 spiro atoms. The summed E-state index contributed by atoms with van der Waals surface area (Å²) in [6, 6.07) is -0.855. The zero-order valence-corrected chi connectivity index (χ0v) is 31.5. The van der Waals surface area contributed by atoms with E-state index < -0.39 is 20.0 Å². The lowest BCUT2D eigenvalue weighted by Crippen LogP contribution is -2.45. The normalized spacial score (nSPS) is 15.0. The van der Waals surface area contributed by atoms with Gasteiger partial charge in [-0.05, 0) is 25.7 Å². The van der Waals surface area contributed by atoms with Crippen molar-refractivity contribution in [1.29, 1.82) is 0 Å². The standard InChI is InChI=1S/C37H73N2O6P/c1-6-8-9-10-11-12-13-14-15-16-17-18-19-20-21-22-23-24-25-26-27-28-29-30-31-36(40)35(38-37(41)7-2)34-45-46(42,43)44-33-32-39(3,4)5/h26-27,30-31,35-36,40H,6-25,28-29,32-34H2,1-5H3,(H-,38,41,42,43)/p+1/b27-26+,31-30+. The number of carbonyl (C=O) groups is 1. The lowest BCUT2D eigenvalue weighted by molar-refractivity contribution is -0.870. The van der Waals surface area contributed by atoms with E-state index in [1.807, 2.05) is 27.2 Å². The molecule has 0 radical (unpaired) electrons. The number of hydrogen-bond donors (Lipinski definition) is 3. The third-order valence-electron chi connectivity index (χ3n) is 8.24. The fourth-order valence-corrected chi connectivity index (χ4v) is 5.87. The van der Waals surface area contributed by atoms with Crippen LogP contribution in [0, 0.1) is 0 Å². The van der Waals surface area contributed by atoms with Gasteiger partial charge in [0.2, 0.25) is 5.91 Å². The molecule has 0 aliphatic carbocycles. The van der Waals surface area contributed by atoms with Crippen molar-refractivity contribution in [2.24, 2.45) is 0 Å². The summed E-state index contributed by atoms with van der Waals surface area (Å²) >= 11 is 0. The molecule has 0 aromatic carbocycles. The quantitative estimate of drug-likeness (QED) is 0.0278. The van der Waals surface area contributed by atoms with Crippen LogP contribution in [0.25, 0.3) is 0 Å². The molecule has 0 aliphatic heterocycles. The molecule has 9 heteroatoms. The van der Waals surface area contributed by atoms with Gasteiger partial charge in [0.05, 0.1) is 39.9 Å². The number of nitrogens with zero attached hydrogens (tertiary/aromatic N) is 1. The minimum Gasteiger partial charge on any atom is -0.387 e. The number of rotatable bonds is 33. The molecule has 0 aromatic heterocycles. The highest BCUT2D eigenvalue weighted by Gasteiger charge is 2.27. The second-order valence-corrected chi connectivity index (χ2v) is 15.4. The number of aliphatic hydroxyl groups excluding tert-OH is 1. The number of phosphoric acid groups is 1. The van der Waals surface area contributed by atoms with E-state index in [2.05, 4.69) is 24.4 Å². The number of unbranched alkanes of at least 4 members (excludes halogenated alkanes) is 19. The Morgan fingerprint density at radius 3 is 1.65 bits per heavy atom. The Balaban J connectivity index is 3.90. The predicted octanol–water partition coefficient (Wildman–Crippen LogP) is 9.41. The number of hydrogen-bond acceptors (Lipinski definition) is 5. The van der Waals surface area contributed by atoms with Crippen LogP contribution in [0.3, 0.4) is 0 Å². The van der Waals surface area contributed by atoms with Crippen molar-refractivity contribution in [3.63, 3.8) is 0 Å². The maximum atomic E-state index is 12.2. The van der Waals surface area contributed by atoms with Crippen LogP contribution in [-0.2, 0) is 18.4 Å². The summed E-state index contributed by atoms with van der Waals surface area (Å²) in [4.78, 5) is 21.9. The molecule has 0 rings (SSSR count). The van der Waals surface area contributed by atoms with Crippen LogP contribution in [0.15, 0.2) is 24.3 Å². The molecule has 3 N–H and O–H groups in total. The number of amides is 1. The van der Waals surface area contributed by atoms with E-state index in [-0.39, 0.29) is 25.5 Å². The van der Waals surface area contributed by atoms with Crippen LogP contribution >= 0.6 is 7.82 Å². The van der Waals surface area contributed by atoms with E-state index in [1.54, 1.807) is 13.0 Å². The number of carbonyl (C=O) groups excluding carboxylic acids is 1. The van der Waals surface area contributed by atoms with Crippen molar-refractivity contribution in [3.8, 4) is 0 Å². The zero-order valence-electron chi connectivity index (χ0n) is 30.6. The SMILES string of the molecule is CCCCCCCCCCCCCCCCCCCC/C=C/CC/C=C/C(O)C(COP(=O)(O)OCC[N+](C)(C)C)NC(=O)CC. The number of allylic oxidation sites excluding steroid dienone is 3. The van der Waals surface area contributed by atoms with Crippen LogP contribution in [0.5, 0.6) is 0 Å². The van der Waals surface area contributed by atoms with E-state index in [4.69, 9.17) is 9.05 Å². The van der Waals surface area contributed by atoms with Gasteiger partial charge in [0.25, 0.3) is 0 Å². The molecule has 0 aliphatic rings. The first-order valence-electron chi connectivity index (χ1n) is 18.7. The summed E-state index contributed by atoms with van der Waals surface area (Å²) in [5, 5.41) is 13.3. The Kier molecular flexibility index (Phi) is 29.4. The summed E-state index contributed by atoms with van der Waals surface area (Å²) in [6.45, 7) is 4.23. The first-order chi connectivity index (χ1) is 22.0. The molecule has 8 nitrogen and oxygen atoms in total. The first kappa shape index (κ1) is 45.0. The van der Waals surface area contributed by atoms with Gasteiger partial charge in [-0.3, -0.25) is 13.8 Å². The fourth-order valence-electron chi connectivity index (χ4n) is 5.14. The Bertz CT molecular complexity index is 814. The molecule has 0 saturated heterocycles. The van der Waals surface area contributed by atoms with Gasteiger partial charge in [0.1, 0.15) is 13.2 Å². The van der Waals surface area contributed by atoms with E-state index in [0.717, 1.165) is 19.3 Å². The van der Waals surface area contributed by atoms with Gasteiger partial charge in [-0.2, -0.15) is 0 Å². The number of aliphatic hydroxyl groups is 1. The van der Waals surface area contributed by atoms with Crippen molar-refractivity contribution < 1.29 is 32.9 Å². The summed E-state index contributed by atoms with van der Waals surface area (Å²) < 4.78 is 22.9. The average molecular weight is 674 g/mol. The lowest BCUT2D eigenvalue weighted by Gasteiger charge is -2.25. The van der Waals surface area contributed by atoms with E-state index in [9.17, 15) is 19.4 Å². The summed E-state index contributed by atoms with van der Waals surface area (Å²) in [7, 11) is 1.54.